The number of ether oxygens (including phenoxy) is 2. The van der Waals surface area contributed by atoms with E-state index in [1.54, 1.807) is 30.8 Å². The Kier molecular flexibility index (Phi) is 5.97. The molecule has 35 heavy (non-hydrogen) atoms. The third-order valence-electron chi connectivity index (χ3n) is 5.65. The maximum absolute atomic E-state index is 10.0. The molecule has 1 saturated heterocycles. The van der Waals surface area contributed by atoms with Gasteiger partial charge in [-0.25, -0.2) is 9.50 Å². The molecule has 8 nitrogen and oxygen atoms in total. The first kappa shape index (κ1) is 23.0. The molecule has 0 unspecified atom stereocenters. The summed E-state index contributed by atoms with van der Waals surface area (Å²) in [6.07, 6.45) is 5.10. The highest BCUT2D eigenvalue weighted by atomic mass is 35.5. The second kappa shape index (κ2) is 9.10. The number of pyridine rings is 2. The number of halogens is 1. The van der Waals surface area contributed by atoms with E-state index in [2.05, 4.69) is 21.1 Å². The number of hydrogen-bond donors (Lipinski definition) is 1. The third kappa shape index (κ3) is 5.02. The minimum atomic E-state index is -0.980. The maximum atomic E-state index is 10.0. The van der Waals surface area contributed by atoms with E-state index in [0.717, 1.165) is 35.8 Å². The number of nitriles is 1. The van der Waals surface area contributed by atoms with Gasteiger partial charge in [0.25, 0.3) is 0 Å². The smallest absolute Gasteiger partial charge is 0.138 e. The number of aliphatic hydroxyl groups is 1. The Morgan fingerprint density at radius 3 is 2.57 bits per heavy atom. The molecule has 178 valence electrons. The molecule has 0 radical (unpaired) electrons. The third-order valence-corrected chi connectivity index (χ3v) is 5.90. The van der Waals surface area contributed by atoms with E-state index in [0.29, 0.717) is 21.9 Å². The molecule has 0 atom stereocenters. The van der Waals surface area contributed by atoms with E-state index in [-0.39, 0.29) is 12.7 Å². The van der Waals surface area contributed by atoms with Gasteiger partial charge in [0.05, 0.1) is 42.2 Å². The van der Waals surface area contributed by atoms with E-state index >= 15 is 0 Å². The van der Waals surface area contributed by atoms with Gasteiger partial charge >= 0.3 is 0 Å². The van der Waals surface area contributed by atoms with Crippen LogP contribution >= 0.6 is 11.6 Å². The first-order valence-corrected chi connectivity index (χ1v) is 11.6. The van der Waals surface area contributed by atoms with Gasteiger partial charge in [-0.15, -0.1) is 0 Å². The van der Waals surface area contributed by atoms with Crippen LogP contribution in [0.1, 0.15) is 19.4 Å². The molecular formula is C26H24ClN5O3. The quantitative estimate of drug-likeness (QED) is 0.412. The molecular weight excluding hydrogens is 466 g/mol. The van der Waals surface area contributed by atoms with Crippen molar-refractivity contribution in [2.75, 3.05) is 24.6 Å². The van der Waals surface area contributed by atoms with Crippen LogP contribution in [0.2, 0.25) is 5.02 Å². The normalized spacial score (nSPS) is 14.0. The predicted molar refractivity (Wildman–Crippen MR) is 133 cm³/mol. The van der Waals surface area contributed by atoms with E-state index in [1.807, 2.05) is 42.5 Å². The van der Waals surface area contributed by atoms with Crippen LogP contribution in [0, 0.1) is 11.3 Å². The highest BCUT2D eigenvalue weighted by Gasteiger charge is 2.29. The molecule has 5 rings (SSSR count). The highest BCUT2D eigenvalue weighted by Crippen LogP contribution is 2.32. The van der Waals surface area contributed by atoms with Crippen molar-refractivity contribution in [1.82, 2.24) is 14.6 Å². The molecule has 0 spiro atoms. The molecule has 4 heterocycles. The average molecular weight is 490 g/mol. The zero-order valence-corrected chi connectivity index (χ0v) is 20.1. The molecule has 9 heteroatoms. The summed E-state index contributed by atoms with van der Waals surface area (Å²) in [5, 5.41) is 24.6. The standard InChI is InChI=1S/C26H24ClN5O3/c1-26(2,33)16-34-21-9-23(25-18(10-28)12-30-32(25)15-21)17-3-8-24(29-11-17)31-13-22(14-31)35-20-6-4-19(27)5-7-20/h3-9,11-12,15,22,33H,13-14,16H2,1-2H3. The summed E-state index contributed by atoms with van der Waals surface area (Å²) in [5.41, 5.74) is 1.77. The van der Waals surface area contributed by atoms with Crippen LogP contribution in [0.3, 0.4) is 0 Å². The van der Waals surface area contributed by atoms with Crippen LogP contribution in [0.5, 0.6) is 11.5 Å². The number of hydrogen-bond acceptors (Lipinski definition) is 7. The lowest BCUT2D eigenvalue weighted by molar-refractivity contribution is 0.0283. The molecule has 1 aliphatic heterocycles. The van der Waals surface area contributed by atoms with Crippen LogP contribution < -0.4 is 14.4 Å². The molecule has 3 aromatic heterocycles. The van der Waals surface area contributed by atoms with Gasteiger partial charge < -0.3 is 19.5 Å². The van der Waals surface area contributed by atoms with Crippen LogP contribution in [0.25, 0.3) is 16.6 Å². The number of anilines is 1. The van der Waals surface area contributed by atoms with Gasteiger partial charge in [-0.1, -0.05) is 11.6 Å². The number of benzene rings is 1. The minimum absolute atomic E-state index is 0.0897. The largest absolute Gasteiger partial charge is 0.489 e. The summed E-state index contributed by atoms with van der Waals surface area (Å²) >= 11 is 5.93. The van der Waals surface area contributed by atoms with Crippen molar-refractivity contribution in [3.05, 3.63) is 71.6 Å². The van der Waals surface area contributed by atoms with Gasteiger partial charge in [0, 0.05) is 22.3 Å². The van der Waals surface area contributed by atoms with Crippen molar-refractivity contribution in [1.29, 1.82) is 5.26 Å². The highest BCUT2D eigenvalue weighted by molar-refractivity contribution is 6.30. The number of aromatic nitrogens is 3. The van der Waals surface area contributed by atoms with Gasteiger partial charge in [0.2, 0.25) is 0 Å². The van der Waals surface area contributed by atoms with Crippen molar-refractivity contribution in [2.45, 2.75) is 25.6 Å². The number of rotatable bonds is 7. The molecule has 0 amide bonds. The van der Waals surface area contributed by atoms with Crippen LogP contribution in [0.4, 0.5) is 5.82 Å². The Morgan fingerprint density at radius 1 is 1.14 bits per heavy atom. The second-order valence-electron chi connectivity index (χ2n) is 9.16. The van der Waals surface area contributed by atoms with Crippen LogP contribution in [0.15, 0.2) is 61.1 Å². The van der Waals surface area contributed by atoms with E-state index < -0.39 is 5.60 Å². The Balaban J connectivity index is 1.34. The lowest BCUT2D eigenvalue weighted by Crippen LogP contribution is -2.54. The first-order chi connectivity index (χ1) is 16.8. The zero-order valence-electron chi connectivity index (χ0n) is 19.3. The summed E-state index contributed by atoms with van der Waals surface area (Å²) in [4.78, 5) is 6.79. The van der Waals surface area contributed by atoms with Gasteiger partial charge in [-0.05, 0) is 56.3 Å². The van der Waals surface area contributed by atoms with Crippen molar-refractivity contribution in [3.8, 4) is 28.7 Å². The van der Waals surface area contributed by atoms with Crippen LogP contribution in [-0.4, -0.2) is 51.1 Å². The number of fused-ring (bicyclic) bond motifs is 1. The molecule has 1 aliphatic rings. The lowest BCUT2D eigenvalue weighted by Gasteiger charge is -2.39. The molecule has 0 saturated carbocycles. The fourth-order valence-electron chi connectivity index (χ4n) is 3.88. The molecule has 1 aromatic carbocycles. The fraction of sp³-hybridized carbons (Fsp3) is 0.269. The van der Waals surface area contributed by atoms with Crippen molar-refractivity contribution in [3.63, 3.8) is 0 Å². The summed E-state index contributed by atoms with van der Waals surface area (Å²) in [6.45, 7) is 4.95. The van der Waals surface area contributed by atoms with Crippen molar-refractivity contribution >= 4 is 22.9 Å². The van der Waals surface area contributed by atoms with Crippen LogP contribution in [-0.2, 0) is 0 Å². The lowest BCUT2D eigenvalue weighted by atomic mass is 10.0. The molecule has 0 bridgehead atoms. The number of nitrogens with zero attached hydrogens (tertiary/aromatic N) is 5. The Morgan fingerprint density at radius 2 is 1.91 bits per heavy atom. The maximum Gasteiger partial charge on any atom is 0.138 e. The predicted octanol–water partition coefficient (Wildman–Crippen LogP) is 4.34. The molecule has 0 aliphatic carbocycles. The summed E-state index contributed by atoms with van der Waals surface area (Å²) in [6, 6.07) is 15.3. The Labute approximate surface area is 207 Å². The summed E-state index contributed by atoms with van der Waals surface area (Å²) < 4.78 is 13.4. The Hall–Kier alpha value is -3.80. The topological polar surface area (TPSA) is 95.9 Å². The Bertz CT molecular complexity index is 1380. The first-order valence-electron chi connectivity index (χ1n) is 11.2. The molecule has 4 aromatic rings. The van der Waals surface area contributed by atoms with E-state index in [9.17, 15) is 10.4 Å². The van der Waals surface area contributed by atoms with E-state index in [4.69, 9.17) is 21.1 Å². The van der Waals surface area contributed by atoms with Gasteiger partial charge in [0.1, 0.15) is 36.1 Å². The van der Waals surface area contributed by atoms with Gasteiger partial charge in [-0.2, -0.15) is 10.4 Å². The van der Waals surface area contributed by atoms with Gasteiger partial charge in [-0.3, -0.25) is 0 Å². The van der Waals surface area contributed by atoms with Crippen molar-refractivity contribution < 1.29 is 14.6 Å². The second-order valence-corrected chi connectivity index (χ2v) is 9.59. The van der Waals surface area contributed by atoms with E-state index in [1.165, 1.54) is 6.20 Å². The minimum Gasteiger partial charge on any atom is -0.489 e. The molecule has 1 N–H and O–H groups in total. The average Bonchev–Trinajstić information content (AvgIpc) is 3.23. The van der Waals surface area contributed by atoms with Gasteiger partial charge in [0.15, 0.2) is 0 Å². The molecule has 1 fully saturated rings. The SMILES string of the molecule is CC(C)(O)COc1cc(-c2ccc(N3CC(Oc4ccc(Cl)cc4)C3)nc2)c2c(C#N)cnn2c1. The summed E-state index contributed by atoms with van der Waals surface area (Å²) in [5.74, 6) is 2.19. The monoisotopic (exact) mass is 489 g/mol. The zero-order chi connectivity index (χ0) is 24.6. The van der Waals surface area contributed by atoms with Crippen molar-refractivity contribution in [2.24, 2.45) is 0 Å². The summed E-state index contributed by atoms with van der Waals surface area (Å²) in [7, 11) is 0. The fourth-order valence-corrected chi connectivity index (χ4v) is 4.00.